The molecule has 1 aliphatic carbocycles. The molecule has 0 radical (unpaired) electrons. The van der Waals surface area contributed by atoms with Crippen LogP contribution >= 0.6 is 0 Å². The average Bonchev–Trinajstić information content (AvgIpc) is 2.81. The smallest absolute Gasteiger partial charge is 0.403 e. The molecule has 2 aromatic rings. The molecule has 2 aromatic carbocycles. The Kier molecular flexibility index (Phi) is 9.43. The quantitative estimate of drug-likeness (QED) is 0.238. The summed E-state index contributed by atoms with van der Waals surface area (Å²) in [6, 6.07) is 12.6. The molecule has 1 saturated carbocycles. The van der Waals surface area contributed by atoms with Crippen molar-refractivity contribution in [3.8, 4) is 5.75 Å². The van der Waals surface area contributed by atoms with E-state index in [0.717, 1.165) is 23.6 Å². The van der Waals surface area contributed by atoms with Crippen molar-refractivity contribution in [2.75, 3.05) is 0 Å². The molecule has 0 unspecified atom stereocenters. The van der Waals surface area contributed by atoms with E-state index < -0.39 is 17.9 Å². The molecule has 35 heavy (non-hydrogen) atoms. The molecular formula is C30H38F4O. The van der Waals surface area contributed by atoms with Crippen LogP contribution in [0.3, 0.4) is 0 Å². The van der Waals surface area contributed by atoms with Gasteiger partial charge in [0, 0.05) is 0 Å². The fourth-order valence-corrected chi connectivity index (χ4v) is 5.68. The minimum atomic E-state index is -4.91. The van der Waals surface area contributed by atoms with Crippen LogP contribution < -0.4 is 4.74 Å². The number of benzene rings is 2. The molecule has 5 heteroatoms. The predicted molar refractivity (Wildman–Crippen MR) is 134 cm³/mol. The van der Waals surface area contributed by atoms with E-state index in [2.05, 4.69) is 55.0 Å². The fraction of sp³-hybridized carbons (Fsp3) is 0.533. The van der Waals surface area contributed by atoms with E-state index in [9.17, 15) is 17.6 Å². The number of halogens is 4. The van der Waals surface area contributed by atoms with Crippen molar-refractivity contribution in [1.82, 2.24) is 0 Å². The van der Waals surface area contributed by atoms with E-state index in [4.69, 9.17) is 0 Å². The Morgan fingerprint density at radius 2 is 1.77 bits per heavy atom. The second-order valence-electron chi connectivity index (χ2n) is 10.2. The van der Waals surface area contributed by atoms with Crippen LogP contribution in [-0.4, -0.2) is 6.36 Å². The van der Waals surface area contributed by atoms with E-state index in [0.29, 0.717) is 12.0 Å². The number of allylic oxidation sites excluding steroid dienone is 2. The molecule has 0 aliphatic heterocycles. The van der Waals surface area contributed by atoms with Crippen molar-refractivity contribution in [1.29, 1.82) is 0 Å². The van der Waals surface area contributed by atoms with Crippen molar-refractivity contribution < 1.29 is 22.3 Å². The van der Waals surface area contributed by atoms with Crippen LogP contribution in [0.1, 0.15) is 94.7 Å². The minimum absolute atomic E-state index is 0.0347. The van der Waals surface area contributed by atoms with Gasteiger partial charge in [-0.15, -0.1) is 13.2 Å². The van der Waals surface area contributed by atoms with Crippen LogP contribution in [0.2, 0.25) is 0 Å². The lowest BCUT2D eigenvalue weighted by molar-refractivity contribution is -0.275. The Hall–Kier alpha value is -2.30. The maximum atomic E-state index is 14.1. The lowest BCUT2D eigenvalue weighted by atomic mass is 9.64. The van der Waals surface area contributed by atoms with Gasteiger partial charge in [-0.3, -0.25) is 0 Å². The van der Waals surface area contributed by atoms with Crippen molar-refractivity contribution >= 4 is 0 Å². The van der Waals surface area contributed by atoms with E-state index in [1.807, 2.05) is 6.92 Å². The van der Waals surface area contributed by atoms with Crippen molar-refractivity contribution in [2.45, 2.75) is 96.3 Å². The van der Waals surface area contributed by atoms with E-state index in [-0.39, 0.29) is 11.3 Å². The highest BCUT2D eigenvalue weighted by Gasteiger charge is 2.36. The van der Waals surface area contributed by atoms with Gasteiger partial charge in [0.05, 0.1) is 0 Å². The van der Waals surface area contributed by atoms with Gasteiger partial charge in [0.15, 0.2) is 11.6 Å². The number of hydrogen-bond acceptors (Lipinski definition) is 1. The summed E-state index contributed by atoms with van der Waals surface area (Å²) in [6.45, 7) is 6.31. The van der Waals surface area contributed by atoms with Gasteiger partial charge in [-0.25, -0.2) is 4.39 Å². The third-order valence-electron chi connectivity index (χ3n) is 7.63. The van der Waals surface area contributed by atoms with Crippen LogP contribution in [0.5, 0.6) is 5.75 Å². The third-order valence-corrected chi connectivity index (χ3v) is 7.63. The molecule has 3 rings (SSSR count). The minimum Gasteiger partial charge on any atom is -0.403 e. The molecule has 0 spiro atoms. The lowest BCUT2D eigenvalue weighted by Crippen LogP contribution is -2.31. The second kappa shape index (κ2) is 12.1. The maximum absolute atomic E-state index is 14.1. The Morgan fingerprint density at radius 1 is 1.09 bits per heavy atom. The SMILES string of the molecule is CC=CCCC1CCC(CCC)(c2ccc(C[C@@H](C)c3ccc(OC(F)(F)F)c(F)c3)cc2)CC1. The summed E-state index contributed by atoms with van der Waals surface area (Å²) in [5.74, 6) is -1.00. The predicted octanol–water partition coefficient (Wildman–Crippen LogP) is 9.65. The van der Waals surface area contributed by atoms with Gasteiger partial charge in [-0.2, -0.15) is 0 Å². The lowest BCUT2D eigenvalue weighted by Gasteiger charge is -2.41. The standard InChI is InChI=1S/C30H38F4O/c1-4-6-7-8-23-15-18-29(17-5-2,19-16-23)26-12-9-24(10-13-26)20-22(3)25-11-14-28(27(31)21-25)35-30(32,33)34/h4,6,9-14,21-23H,5,7-8,15-20H2,1-3H3/t22-,23?,29?/m1/s1. The Labute approximate surface area is 207 Å². The maximum Gasteiger partial charge on any atom is 0.573 e. The molecule has 192 valence electrons. The molecule has 1 nitrogen and oxygen atoms in total. The van der Waals surface area contributed by atoms with Crippen molar-refractivity contribution in [2.24, 2.45) is 5.92 Å². The largest absolute Gasteiger partial charge is 0.573 e. The molecule has 1 atom stereocenters. The summed E-state index contributed by atoms with van der Waals surface area (Å²) < 4.78 is 55.1. The van der Waals surface area contributed by atoms with E-state index >= 15 is 0 Å². The number of hydrogen-bond donors (Lipinski definition) is 0. The monoisotopic (exact) mass is 490 g/mol. The van der Waals surface area contributed by atoms with Gasteiger partial charge >= 0.3 is 6.36 Å². The molecular weight excluding hydrogens is 452 g/mol. The first-order valence-electron chi connectivity index (χ1n) is 12.9. The first-order chi connectivity index (χ1) is 16.7. The molecule has 0 saturated heterocycles. The van der Waals surface area contributed by atoms with E-state index in [1.54, 1.807) is 0 Å². The molecule has 0 bridgehead atoms. The zero-order valence-corrected chi connectivity index (χ0v) is 21.1. The highest BCUT2D eigenvalue weighted by molar-refractivity contribution is 5.34. The Morgan fingerprint density at radius 3 is 2.34 bits per heavy atom. The summed E-state index contributed by atoms with van der Waals surface area (Å²) in [4.78, 5) is 0. The second-order valence-corrected chi connectivity index (χ2v) is 10.2. The molecule has 1 fully saturated rings. The van der Waals surface area contributed by atoms with Gasteiger partial charge in [-0.1, -0.05) is 62.8 Å². The Balaban J connectivity index is 1.65. The van der Waals surface area contributed by atoms with Crippen molar-refractivity contribution in [3.05, 3.63) is 77.1 Å². The third kappa shape index (κ3) is 7.59. The molecule has 0 N–H and O–H groups in total. The van der Waals surface area contributed by atoms with Crippen LogP contribution in [0.4, 0.5) is 17.6 Å². The average molecular weight is 491 g/mol. The summed E-state index contributed by atoms with van der Waals surface area (Å²) in [6.07, 6.45) is 10.1. The van der Waals surface area contributed by atoms with Crippen LogP contribution in [-0.2, 0) is 11.8 Å². The molecule has 0 heterocycles. The first-order valence-corrected chi connectivity index (χ1v) is 12.9. The molecule has 0 aromatic heterocycles. The zero-order chi connectivity index (χ0) is 25.5. The zero-order valence-electron chi connectivity index (χ0n) is 21.1. The van der Waals surface area contributed by atoms with Crippen molar-refractivity contribution in [3.63, 3.8) is 0 Å². The Bertz CT molecular complexity index is 953. The van der Waals surface area contributed by atoms with Crippen LogP contribution in [0, 0.1) is 11.7 Å². The highest BCUT2D eigenvalue weighted by atomic mass is 19.4. The number of alkyl halides is 3. The van der Waals surface area contributed by atoms with Gasteiger partial charge in [0.2, 0.25) is 0 Å². The number of rotatable bonds is 10. The van der Waals surface area contributed by atoms with Gasteiger partial charge in [0.25, 0.3) is 0 Å². The topological polar surface area (TPSA) is 9.23 Å². The molecule has 1 aliphatic rings. The summed E-state index contributed by atoms with van der Waals surface area (Å²) >= 11 is 0. The highest BCUT2D eigenvalue weighted by Crippen LogP contribution is 2.46. The van der Waals surface area contributed by atoms with Crippen LogP contribution in [0.25, 0.3) is 0 Å². The summed E-state index contributed by atoms with van der Waals surface area (Å²) in [5, 5.41) is 0. The first kappa shape index (κ1) is 27.3. The van der Waals surface area contributed by atoms with Gasteiger partial charge < -0.3 is 4.74 Å². The molecule has 0 amide bonds. The fourth-order valence-electron chi connectivity index (χ4n) is 5.68. The van der Waals surface area contributed by atoms with Gasteiger partial charge in [-0.05, 0) is 104 Å². The van der Waals surface area contributed by atoms with E-state index in [1.165, 1.54) is 63.0 Å². The van der Waals surface area contributed by atoms with Crippen LogP contribution in [0.15, 0.2) is 54.6 Å². The summed E-state index contributed by atoms with van der Waals surface area (Å²) in [5.41, 5.74) is 3.47. The van der Waals surface area contributed by atoms with Gasteiger partial charge in [0.1, 0.15) is 0 Å². The normalized spacial score (nSPS) is 21.9. The summed E-state index contributed by atoms with van der Waals surface area (Å²) in [7, 11) is 0. The number of ether oxygens (including phenoxy) is 1.